The minimum Gasteiger partial charge on any atom is -0.455 e. The van der Waals surface area contributed by atoms with E-state index in [2.05, 4.69) is 93.8 Å². The molecule has 0 bridgehead atoms. The first kappa shape index (κ1) is 31.7. The van der Waals surface area contributed by atoms with Gasteiger partial charge >= 0.3 is 0 Å². The fraction of sp³-hybridized carbons (Fsp3) is 0. The molecule has 4 aromatic heterocycles. The van der Waals surface area contributed by atoms with Crippen molar-refractivity contribution in [3.05, 3.63) is 176 Å². The maximum absolute atomic E-state index is 6.57. The number of nitrogens with zero attached hydrogens (tertiary/aromatic N) is 5. The van der Waals surface area contributed by atoms with Crippen molar-refractivity contribution < 1.29 is 8.83 Å². The molecule has 0 saturated heterocycles. The van der Waals surface area contributed by atoms with Crippen molar-refractivity contribution >= 4 is 43.9 Å². The maximum Gasteiger partial charge on any atom is 0.162 e. The number of fused-ring (bicyclic) bond motifs is 6. The first-order chi connectivity index (χ1) is 27.7. The molecule has 0 spiro atoms. The third-order valence-corrected chi connectivity index (χ3v) is 10.3. The Morgan fingerprint density at radius 1 is 0.339 bits per heavy atom. The van der Waals surface area contributed by atoms with Gasteiger partial charge in [-0.25, -0.2) is 24.9 Å². The van der Waals surface area contributed by atoms with Gasteiger partial charge in [0.15, 0.2) is 11.6 Å². The molecule has 0 fully saturated rings. The maximum atomic E-state index is 6.57. The average Bonchev–Trinajstić information content (AvgIpc) is 3.86. The van der Waals surface area contributed by atoms with Gasteiger partial charge < -0.3 is 8.83 Å². The van der Waals surface area contributed by atoms with Crippen LogP contribution in [0.25, 0.3) is 111 Å². The second-order valence-corrected chi connectivity index (χ2v) is 13.7. The van der Waals surface area contributed by atoms with Gasteiger partial charge in [0.25, 0.3) is 0 Å². The zero-order chi connectivity index (χ0) is 37.0. The van der Waals surface area contributed by atoms with Crippen molar-refractivity contribution in [3.8, 4) is 67.5 Å². The molecular formula is C49H29N5O2. The lowest BCUT2D eigenvalue weighted by Gasteiger charge is -2.13. The summed E-state index contributed by atoms with van der Waals surface area (Å²) in [5.74, 6) is 1.21. The lowest BCUT2D eigenvalue weighted by atomic mass is 9.93. The van der Waals surface area contributed by atoms with Crippen LogP contribution in [-0.2, 0) is 0 Å². The Morgan fingerprint density at radius 2 is 0.821 bits per heavy atom. The first-order valence-electron chi connectivity index (χ1n) is 18.4. The zero-order valence-corrected chi connectivity index (χ0v) is 29.8. The molecule has 0 N–H and O–H groups in total. The second kappa shape index (κ2) is 13.0. The Morgan fingerprint density at radius 3 is 1.41 bits per heavy atom. The molecule has 0 amide bonds. The SMILES string of the molecule is c1ccc(-c2cc(-c3ccc(-c4ncncn4)cc3)nc(-c3cc(-c4cccc5c4oc4ccccc45)cc(-c4cccc5c4oc4ccccc45)c3)n2)cc1. The Balaban J connectivity index is 1.15. The Hall–Kier alpha value is -7.77. The summed E-state index contributed by atoms with van der Waals surface area (Å²) in [6.45, 7) is 0. The molecule has 0 unspecified atom stereocenters. The number of para-hydroxylation sites is 4. The molecule has 7 nitrogen and oxygen atoms in total. The minimum absolute atomic E-state index is 0.597. The van der Waals surface area contributed by atoms with E-state index in [0.717, 1.165) is 99.8 Å². The third kappa shape index (κ3) is 5.41. The summed E-state index contributed by atoms with van der Waals surface area (Å²) in [5.41, 5.74) is 12.6. The summed E-state index contributed by atoms with van der Waals surface area (Å²) in [4.78, 5) is 23.1. The molecule has 0 aliphatic carbocycles. The molecule has 0 radical (unpaired) electrons. The molecule has 0 aliphatic rings. The van der Waals surface area contributed by atoms with Crippen molar-refractivity contribution in [2.75, 3.05) is 0 Å². The standard InChI is InChI=1S/C49H29N5O2/c1-2-10-30(11-3-1)42-27-43(31-20-22-32(23-21-31)48-51-28-50-29-52-48)54-49(53-42)35-25-33(36-14-8-16-40-38-12-4-6-18-44(38)55-46(36)40)24-34(26-35)37-15-9-17-41-39-13-5-7-19-45(39)56-47(37)41/h1-29H. The van der Waals surface area contributed by atoms with E-state index in [4.69, 9.17) is 18.8 Å². The summed E-state index contributed by atoms with van der Waals surface area (Å²) in [5, 5.41) is 4.29. The zero-order valence-electron chi connectivity index (χ0n) is 29.8. The molecular weight excluding hydrogens is 691 g/mol. The van der Waals surface area contributed by atoms with E-state index in [-0.39, 0.29) is 0 Å². The van der Waals surface area contributed by atoms with Gasteiger partial charge in [-0.05, 0) is 47.5 Å². The highest BCUT2D eigenvalue weighted by Crippen LogP contribution is 2.42. The number of hydrogen-bond acceptors (Lipinski definition) is 7. The van der Waals surface area contributed by atoms with E-state index >= 15 is 0 Å². The van der Waals surface area contributed by atoms with Crippen LogP contribution in [0, 0.1) is 0 Å². The van der Waals surface area contributed by atoms with E-state index in [9.17, 15) is 0 Å². The van der Waals surface area contributed by atoms with Crippen molar-refractivity contribution in [1.29, 1.82) is 0 Å². The highest BCUT2D eigenvalue weighted by Gasteiger charge is 2.19. The third-order valence-electron chi connectivity index (χ3n) is 10.3. The van der Waals surface area contributed by atoms with Gasteiger partial charge in [0.05, 0.1) is 11.4 Å². The monoisotopic (exact) mass is 719 g/mol. The van der Waals surface area contributed by atoms with E-state index in [1.807, 2.05) is 84.9 Å². The molecule has 262 valence electrons. The van der Waals surface area contributed by atoms with Gasteiger partial charge in [-0.3, -0.25) is 0 Å². The topological polar surface area (TPSA) is 90.7 Å². The van der Waals surface area contributed by atoms with Crippen molar-refractivity contribution in [3.63, 3.8) is 0 Å². The van der Waals surface area contributed by atoms with Crippen LogP contribution in [0.1, 0.15) is 0 Å². The number of furan rings is 2. The average molecular weight is 720 g/mol. The van der Waals surface area contributed by atoms with Gasteiger partial charge in [-0.2, -0.15) is 0 Å². The molecule has 7 aromatic carbocycles. The van der Waals surface area contributed by atoms with Crippen LogP contribution in [0.5, 0.6) is 0 Å². The molecule has 11 rings (SSSR count). The van der Waals surface area contributed by atoms with E-state index < -0.39 is 0 Å². The van der Waals surface area contributed by atoms with Crippen LogP contribution >= 0.6 is 0 Å². The van der Waals surface area contributed by atoms with E-state index in [1.165, 1.54) is 12.7 Å². The van der Waals surface area contributed by atoms with E-state index in [0.29, 0.717) is 11.6 Å². The predicted octanol–water partition coefficient (Wildman–Crippen LogP) is 12.5. The quantitative estimate of drug-likeness (QED) is 0.169. The van der Waals surface area contributed by atoms with Gasteiger partial charge in [-0.1, -0.05) is 127 Å². The van der Waals surface area contributed by atoms with Gasteiger partial charge in [-0.15, -0.1) is 0 Å². The van der Waals surface area contributed by atoms with Crippen molar-refractivity contribution in [2.45, 2.75) is 0 Å². The fourth-order valence-electron chi connectivity index (χ4n) is 7.68. The van der Waals surface area contributed by atoms with Crippen LogP contribution in [-0.4, -0.2) is 24.9 Å². The Kier molecular flexibility index (Phi) is 7.35. The number of aromatic nitrogens is 5. The molecule has 7 heteroatoms. The number of hydrogen-bond donors (Lipinski definition) is 0. The summed E-state index contributed by atoms with van der Waals surface area (Å²) < 4.78 is 13.1. The molecule has 0 atom stereocenters. The van der Waals surface area contributed by atoms with Crippen LogP contribution in [0.4, 0.5) is 0 Å². The number of benzene rings is 7. The van der Waals surface area contributed by atoms with Crippen LogP contribution in [0.15, 0.2) is 185 Å². The lowest BCUT2D eigenvalue weighted by Crippen LogP contribution is -1.97. The Labute approximate surface area is 320 Å². The Bertz CT molecular complexity index is 3110. The van der Waals surface area contributed by atoms with Crippen molar-refractivity contribution in [1.82, 2.24) is 24.9 Å². The summed E-state index contributed by atoms with van der Waals surface area (Å²) in [6.07, 6.45) is 3.01. The van der Waals surface area contributed by atoms with Crippen LogP contribution < -0.4 is 0 Å². The number of rotatable bonds is 6. The summed E-state index contributed by atoms with van der Waals surface area (Å²) in [6, 6.07) is 56.0. The highest BCUT2D eigenvalue weighted by atomic mass is 16.3. The van der Waals surface area contributed by atoms with E-state index in [1.54, 1.807) is 0 Å². The summed E-state index contributed by atoms with van der Waals surface area (Å²) >= 11 is 0. The van der Waals surface area contributed by atoms with Crippen molar-refractivity contribution in [2.24, 2.45) is 0 Å². The lowest BCUT2D eigenvalue weighted by molar-refractivity contribution is 0.670. The predicted molar refractivity (Wildman–Crippen MR) is 223 cm³/mol. The van der Waals surface area contributed by atoms with Crippen LogP contribution in [0.3, 0.4) is 0 Å². The smallest absolute Gasteiger partial charge is 0.162 e. The van der Waals surface area contributed by atoms with Gasteiger partial charge in [0, 0.05) is 54.9 Å². The molecule has 4 heterocycles. The summed E-state index contributed by atoms with van der Waals surface area (Å²) in [7, 11) is 0. The molecule has 56 heavy (non-hydrogen) atoms. The van der Waals surface area contributed by atoms with Crippen LogP contribution in [0.2, 0.25) is 0 Å². The van der Waals surface area contributed by atoms with Gasteiger partial charge in [0.2, 0.25) is 0 Å². The highest BCUT2D eigenvalue weighted by molar-refractivity contribution is 6.11. The second-order valence-electron chi connectivity index (χ2n) is 13.7. The van der Waals surface area contributed by atoms with Gasteiger partial charge in [0.1, 0.15) is 35.0 Å². The minimum atomic E-state index is 0.597. The largest absolute Gasteiger partial charge is 0.455 e. The molecule has 0 aliphatic heterocycles. The molecule has 0 saturated carbocycles. The molecule has 11 aromatic rings. The fourth-order valence-corrected chi connectivity index (χ4v) is 7.68. The normalized spacial score (nSPS) is 11.6. The first-order valence-corrected chi connectivity index (χ1v) is 18.4.